The molecule has 1 heterocycles. The third kappa shape index (κ3) is 13.3. The number of fused-ring (bicyclic) bond motifs is 2. The van der Waals surface area contributed by atoms with Crippen molar-refractivity contribution in [2.45, 2.75) is 108 Å². The average molecular weight is 760 g/mol. The van der Waals surface area contributed by atoms with Crippen LogP contribution >= 0.6 is 0 Å². The summed E-state index contributed by atoms with van der Waals surface area (Å²) in [6.45, 7) is 1.47. The molecule has 1 aliphatic heterocycles. The van der Waals surface area contributed by atoms with Crippen LogP contribution in [0.3, 0.4) is 0 Å². The maximum Gasteiger partial charge on any atom is 0.290 e. The van der Waals surface area contributed by atoms with E-state index in [1.54, 1.807) is 49.4 Å². The van der Waals surface area contributed by atoms with Crippen LogP contribution in [-0.2, 0) is 51.2 Å². The van der Waals surface area contributed by atoms with Crippen LogP contribution in [0.25, 0.3) is 0 Å². The van der Waals surface area contributed by atoms with E-state index in [0.29, 0.717) is 36.9 Å². The van der Waals surface area contributed by atoms with Crippen LogP contribution in [0.1, 0.15) is 93.9 Å². The second kappa shape index (κ2) is 21.3. The molecule has 1 fully saturated rings. The minimum absolute atomic E-state index is 0.000835. The second-order valence-electron chi connectivity index (χ2n) is 14.2. The van der Waals surface area contributed by atoms with Gasteiger partial charge >= 0.3 is 0 Å². The topological polar surface area (TPSA) is 235 Å². The first-order valence-corrected chi connectivity index (χ1v) is 19.2. The fraction of sp³-hybridized carbons (Fsp3) is 0.500. The van der Waals surface area contributed by atoms with Crippen molar-refractivity contribution in [3.05, 3.63) is 71.3 Å². The molecular formula is C40H53N7O8. The van der Waals surface area contributed by atoms with Gasteiger partial charge in [0.1, 0.15) is 18.1 Å². The van der Waals surface area contributed by atoms with Gasteiger partial charge in [-0.15, -0.1) is 0 Å². The van der Waals surface area contributed by atoms with Crippen LogP contribution in [0.15, 0.2) is 54.6 Å². The SMILES string of the molecule is CCCC(NC(=O)[C@H]1CCCCNC(=O)Cc2cccc(c2)CC(=O)N[C@@H](C2CCCCC2)C(=O)N1)C(=O)C(=O)NCC(=O)N[C@H](C(N)=O)c1ccccc1. The molecule has 2 aromatic rings. The van der Waals surface area contributed by atoms with Gasteiger partial charge in [0.15, 0.2) is 0 Å². The summed E-state index contributed by atoms with van der Waals surface area (Å²) in [4.78, 5) is 105. The average Bonchev–Trinajstić information content (AvgIpc) is 3.17. The van der Waals surface area contributed by atoms with E-state index < -0.39 is 66.0 Å². The molecule has 2 bridgehead atoms. The normalized spacial score (nSPS) is 19.9. The minimum atomic E-state index is -1.27. The molecule has 15 heteroatoms. The van der Waals surface area contributed by atoms with Gasteiger partial charge in [0.05, 0.1) is 25.4 Å². The number of rotatable bonds is 12. The van der Waals surface area contributed by atoms with E-state index >= 15 is 0 Å². The predicted molar refractivity (Wildman–Crippen MR) is 203 cm³/mol. The standard InChI is InChI=1S/C40H53N7O8/c1-2-12-29(36(51)40(55)43-24-33(50)47-34(37(41)52)27-15-5-3-6-16-27)44-38(53)30-19-9-10-20-42-31(48)22-25-13-11-14-26(21-25)23-32(49)46-35(39(54)45-30)28-17-7-4-8-18-28/h3,5-6,11,13-16,21,28-30,34-35H,2,4,7-10,12,17-20,22-24H2,1H3,(H2,41,52)(H,42,48)(H,43,55)(H,44,53)(H,45,54)(H,46,49)(H,47,50)/t29?,30-,34+,35+/m1/s1. The summed E-state index contributed by atoms with van der Waals surface area (Å²) < 4.78 is 0. The zero-order valence-corrected chi connectivity index (χ0v) is 31.3. The number of carbonyl (C=O) groups excluding carboxylic acids is 8. The molecule has 296 valence electrons. The van der Waals surface area contributed by atoms with Gasteiger partial charge in [-0.25, -0.2) is 0 Å². The number of carbonyl (C=O) groups is 8. The van der Waals surface area contributed by atoms with E-state index in [1.165, 1.54) is 0 Å². The van der Waals surface area contributed by atoms with Crippen LogP contribution in [-0.4, -0.2) is 78.3 Å². The number of hydrogen-bond donors (Lipinski definition) is 7. The second-order valence-corrected chi connectivity index (χ2v) is 14.2. The van der Waals surface area contributed by atoms with E-state index in [0.717, 1.165) is 37.7 Å². The Kier molecular flexibility index (Phi) is 16.3. The van der Waals surface area contributed by atoms with E-state index in [4.69, 9.17) is 5.73 Å². The lowest BCUT2D eigenvalue weighted by Gasteiger charge is -2.31. The van der Waals surface area contributed by atoms with E-state index in [9.17, 15) is 38.4 Å². The maximum absolute atomic E-state index is 14.0. The summed E-state index contributed by atoms with van der Waals surface area (Å²) in [5.74, 6) is -5.59. The number of amides is 7. The Morgan fingerprint density at radius 3 is 2.15 bits per heavy atom. The summed E-state index contributed by atoms with van der Waals surface area (Å²) in [7, 11) is 0. The molecule has 2 aliphatic rings. The lowest BCUT2D eigenvalue weighted by Crippen LogP contribution is -2.58. The molecule has 1 aliphatic carbocycles. The molecule has 2 aromatic carbocycles. The fourth-order valence-corrected chi connectivity index (χ4v) is 7.02. The van der Waals surface area contributed by atoms with Crippen molar-refractivity contribution in [1.82, 2.24) is 31.9 Å². The van der Waals surface area contributed by atoms with Gasteiger partial charge in [-0.2, -0.15) is 0 Å². The first kappa shape index (κ1) is 42.1. The number of primary amides is 1. The molecule has 1 saturated carbocycles. The van der Waals surface area contributed by atoms with Crippen LogP contribution in [0.2, 0.25) is 0 Å². The fourth-order valence-electron chi connectivity index (χ4n) is 7.02. The summed E-state index contributed by atoms with van der Waals surface area (Å²) in [6.07, 6.45) is 6.01. The molecule has 55 heavy (non-hydrogen) atoms. The zero-order valence-electron chi connectivity index (χ0n) is 31.3. The molecule has 1 unspecified atom stereocenters. The van der Waals surface area contributed by atoms with E-state index in [2.05, 4.69) is 31.9 Å². The van der Waals surface area contributed by atoms with Gasteiger partial charge in [-0.05, 0) is 61.1 Å². The Labute approximate surface area is 321 Å². The number of Topliss-reactive ketones (excluding diaryl/α,β-unsaturated/α-hetero) is 1. The van der Waals surface area contributed by atoms with Crippen molar-refractivity contribution in [1.29, 1.82) is 0 Å². The van der Waals surface area contributed by atoms with E-state index in [1.807, 2.05) is 12.1 Å². The molecule has 4 atom stereocenters. The van der Waals surface area contributed by atoms with Gasteiger partial charge in [-0.3, -0.25) is 38.4 Å². The highest BCUT2D eigenvalue weighted by atomic mass is 16.2. The number of nitrogens with two attached hydrogens (primary N) is 1. The smallest absolute Gasteiger partial charge is 0.290 e. The van der Waals surface area contributed by atoms with Crippen molar-refractivity contribution >= 4 is 47.1 Å². The van der Waals surface area contributed by atoms with Crippen molar-refractivity contribution < 1.29 is 38.4 Å². The van der Waals surface area contributed by atoms with Crippen LogP contribution in [0.4, 0.5) is 0 Å². The third-order valence-corrected chi connectivity index (χ3v) is 9.88. The summed E-state index contributed by atoms with van der Waals surface area (Å²) in [5, 5.41) is 16.0. The van der Waals surface area contributed by atoms with Crippen LogP contribution < -0.4 is 37.6 Å². The maximum atomic E-state index is 14.0. The van der Waals surface area contributed by atoms with Crippen molar-refractivity contribution in [2.24, 2.45) is 11.7 Å². The van der Waals surface area contributed by atoms with Gasteiger partial charge in [-0.1, -0.05) is 87.2 Å². The summed E-state index contributed by atoms with van der Waals surface area (Å²) in [6, 6.07) is 11.0. The van der Waals surface area contributed by atoms with Crippen LogP contribution in [0.5, 0.6) is 0 Å². The minimum Gasteiger partial charge on any atom is -0.368 e. The van der Waals surface area contributed by atoms with Gasteiger partial charge < -0.3 is 37.6 Å². The molecule has 8 N–H and O–H groups in total. The molecule has 15 nitrogen and oxygen atoms in total. The van der Waals surface area contributed by atoms with Crippen molar-refractivity contribution in [3.8, 4) is 0 Å². The zero-order chi connectivity index (χ0) is 39.7. The lowest BCUT2D eigenvalue weighted by molar-refractivity contribution is -0.141. The first-order valence-electron chi connectivity index (χ1n) is 19.2. The van der Waals surface area contributed by atoms with Gasteiger partial charge in [0.2, 0.25) is 41.2 Å². The quantitative estimate of drug-likeness (QED) is 0.154. The van der Waals surface area contributed by atoms with Gasteiger partial charge in [0.25, 0.3) is 5.91 Å². The summed E-state index contributed by atoms with van der Waals surface area (Å²) in [5.41, 5.74) is 7.36. The molecule has 0 aromatic heterocycles. The largest absolute Gasteiger partial charge is 0.368 e. The van der Waals surface area contributed by atoms with Crippen molar-refractivity contribution in [3.63, 3.8) is 0 Å². The van der Waals surface area contributed by atoms with E-state index in [-0.39, 0.29) is 43.4 Å². The van der Waals surface area contributed by atoms with Crippen LogP contribution in [0, 0.1) is 5.92 Å². The predicted octanol–water partition coefficient (Wildman–Crippen LogP) is 0.935. The number of nitrogens with one attached hydrogen (secondary N) is 6. The Hall–Kier alpha value is -5.60. The number of hydrogen-bond acceptors (Lipinski definition) is 8. The number of benzene rings is 2. The van der Waals surface area contributed by atoms with Gasteiger partial charge in [0, 0.05) is 6.54 Å². The molecule has 0 spiro atoms. The van der Waals surface area contributed by atoms with Crippen molar-refractivity contribution in [2.75, 3.05) is 13.1 Å². The molecule has 0 saturated heterocycles. The molecular weight excluding hydrogens is 706 g/mol. The Bertz CT molecular complexity index is 1690. The molecule has 4 rings (SSSR count). The highest BCUT2D eigenvalue weighted by molar-refractivity contribution is 6.38. The summed E-state index contributed by atoms with van der Waals surface area (Å²) >= 11 is 0. The Morgan fingerprint density at radius 2 is 1.47 bits per heavy atom. The Morgan fingerprint density at radius 1 is 0.800 bits per heavy atom. The Balaban J connectivity index is 1.46. The highest BCUT2D eigenvalue weighted by Crippen LogP contribution is 2.27. The number of ketones is 1. The molecule has 7 amide bonds. The molecule has 0 radical (unpaired) electrons. The highest BCUT2D eigenvalue weighted by Gasteiger charge is 2.35. The monoisotopic (exact) mass is 759 g/mol. The first-order chi connectivity index (χ1) is 26.4. The lowest BCUT2D eigenvalue weighted by atomic mass is 9.83. The third-order valence-electron chi connectivity index (χ3n) is 9.88.